The molecule has 1 fully saturated rings. The van der Waals surface area contributed by atoms with E-state index in [9.17, 15) is 14.0 Å². The van der Waals surface area contributed by atoms with Crippen molar-refractivity contribution in [3.05, 3.63) is 62.3 Å². The molecule has 26 heavy (non-hydrogen) atoms. The van der Waals surface area contributed by atoms with E-state index in [0.717, 1.165) is 18.4 Å². The number of fused-ring (bicyclic) bond motifs is 2. The summed E-state index contributed by atoms with van der Waals surface area (Å²) < 4.78 is 21.8. The van der Waals surface area contributed by atoms with E-state index in [1.165, 1.54) is 6.07 Å². The predicted octanol–water partition coefficient (Wildman–Crippen LogP) is 3.28. The van der Waals surface area contributed by atoms with Crippen molar-refractivity contribution in [3.8, 4) is 11.3 Å². The Kier molecular flexibility index (Phi) is 2.98. The number of nitrogens with zero attached hydrogens (tertiary/aromatic N) is 2. The molecule has 1 N–H and O–H groups in total. The number of nitrogens with one attached hydrogen (secondary N) is 1. The van der Waals surface area contributed by atoms with Gasteiger partial charge in [0.15, 0.2) is 5.39 Å². The first-order valence-electron chi connectivity index (χ1n) is 8.38. The lowest BCUT2D eigenvalue weighted by Crippen LogP contribution is -2.16. The molecule has 7 heteroatoms. The zero-order chi connectivity index (χ0) is 18.0. The molecule has 0 aliphatic heterocycles. The van der Waals surface area contributed by atoms with E-state index in [4.69, 9.17) is 4.52 Å². The Morgan fingerprint density at radius 2 is 2.04 bits per heavy atom. The van der Waals surface area contributed by atoms with E-state index in [-0.39, 0.29) is 28.2 Å². The third-order valence-electron chi connectivity index (χ3n) is 4.87. The molecule has 3 heterocycles. The van der Waals surface area contributed by atoms with Crippen molar-refractivity contribution in [2.75, 3.05) is 0 Å². The normalized spacial score (nSPS) is 14.4. The van der Waals surface area contributed by atoms with Gasteiger partial charge in [0.1, 0.15) is 17.2 Å². The molecule has 0 amide bonds. The number of benzene rings is 1. The lowest BCUT2D eigenvalue weighted by molar-refractivity contribution is 0.428. The van der Waals surface area contributed by atoms with Gasteiger partial charge in [0, 0.05) is 11.6 Å². The summed E-state index contributed by atoms with van der Waals surface area (Å²) in [6, 6.07) is 8.62. The maximum atomic E-state index is 14.8. The van der Waals surface area contributed by atoms with Crippen molar-refractivity contribution in [3.63, 3.8) is 0 Å². The summed E-state index contributed by atoms with van der Waals surface area (Å²) in [5.74, 6) is -0.592. The SMILES string of the molecule is Cc1ccccc1-c1nc2c(cc1F)c(=O)c1c(=O)[nH]oc1n2C1CC1. The van der Waals surface area contributed by atoms with Crippen molar-refractivity contribution >= 4 is 22.1 Å². The minimum absolute atomic E-state index is 0.0854. The molecule has 130 valence electrons. The van der Waals surface area contributed by atoms with Crippen LogP contribution >= 0.6 is 0 Å². The summed E-state index contributed by atoms with van der Waals surface area (Å²) in [4.78, 5) is 29.2. The third kappa shape index (κ3) is 2.00. The van der Waals surface area contributed by atoms with Gasteiger partial charge < -0.3 is 4.52 Å². The Balaban J connectivity index is 1.96. The molecule has 5 rings (SSSR count). The first-order chi connectivity index (χ1) is 12.6. The highest BCUT2D eigenvalue weighted by Crippen LogP contribution is 2.39. The van der Waals surface area contributed by atoms with Crippen molar-refractivity contribution in [1.82, 2.24) is 14.7 Å². The summed E-state index contributed by atoms with van der Waals surface area (Å²) in [7, 11) is 0. The fourth-order valence-electron chi connectivity index (χ4n) is 3.42. The molecule has 6 nitrogen and oxygen atoms in total. The van der Waals surface area contributed by atoms with Crippen molar-refractivity contribution in [1.29, 1.82) is 0 Å². The molecule has 1 aromatic carbocycles. The van der Waals surface area contributed by atoms with Gasteiger partial charge in [-0.3, -0.25) is 14.2 Å². The van der Waals surface area contributed by atoms with Crippen LogP contribution in [0.25, 0.3) is 33.4 Å². The van der Waals surface area contributed by atoms with Gasteiger partial charge in [0.2, 0.25) is 11.1 Å². The standard InChI is InChI=1S/C19H14FN3O3/c1-9-4-2-3-5-11(9)15-13(20)8-12-16(24)14-18(25)22-26-19(14)23(10-6-7-10)17(12)21-15/h2-5,8,10H,6-7H2,1H3,(H,22,25). The molecular formula is C19H14FN3O3. The molecule has 0 radical (unpaired) electrons. The van der Waals surface area contributed by atoms with Crippen molar-refractivity contribution < 1.29 is 8.91 Å². The monoisotopic (exact) mass is 351 g/mol. The minimum atomic E-state index is -0.607. The maximum absolute atomic E-state index is 14.8. The molecule has 1 aliphatic rings. The first kappa shape index (κ1) is 15.1. The van der Waals surface area contributed by atoms with Crippen LogP contribution in [0.5, 0.6) is 0 Å². The van der Waals surface area contributed by atoms with Gasteiger partial charge in [-0.2, -0.15) is 5.16 Å². The lowest BCUT2D eigenvalue weighted by atomic mass is 10.0. The average molecular weight is 351 g/mol. The Labute approximate surface area is 145 Å². The topological polar surface area (TPSA) is 80.9 Å². The predicted molar refractivity (Wildman–Crippen MR) is 94.8 cm³/mol. The van der Waals surface area contributed by atoms with E-state index >= 15 is 0 Å². The van der Waals surface area contributed by atoms with Crippen LogP contribution in [0, 0.1) is 12.7 Å². The highest BCUT2D eigenvalue weighted by Gasteiger charge is 2.31. The fourth-order valence-corrected chi connectivity index (χ4v) is 3.42. The summed E-state index contributed by atoms with van der Waals surface area (Å²) >= 11 is 0. The number of H-pyrrole nitrogens is 1. The molecule has 3 aromatic heterocycles. The zero-order valence-corrected chi connectivity index (χ0v) is 13.9. The van der Waals surface area contributed by atoms with Crippen LogP contribution in [0.2, 0.25) is 0 Å². The van der Waals surface area contributed by atoms with E-state index in [2.05, 4.69) is 10.1 Å². The molecule has 1 aliphatic carbocycles. The summed E-state index contributed by atoms with van der Waals surface area (Å²) in [6.07, 6.45) is 1.78. The first-order valence-corrected chi connectivity index (χ1v) is 8.38. The molecule has 0 saturated heterocycles. The number of halogens is 1. The van der Waals surface area contributed by atoms with Crippen LogP contribution in [-0.2, 0) is 0 Å². The second-order valence-electron chi connectivity index (χ2n) is 6.65. The van der Waals surface area contributed by atoms with Gasteiger partial charge in [-0.25, -0.2) is 9.37 Å². The number of aromatic amines is 1. The van der Waals surface area contributed by atoms with Crippen LogP contribution in [-0.4, -0.2) is 14.7 Å². The van der Waals surface area contributed by atoms with Crippen LogP contribution in [0.3, 0.4) is 0 Å². The molecule has 4 aromatic rings. The van der Waals surface area contributed by atoms with Gasteiger partial charge in [0.25, 0.3) is 5.56 Å². The second kappa shape index (κ2) is 5.14. The quantitative estimate of drug-likeness (QED) is 0.601. The summed E-state index contributed by atoms with van der Waals surface area (Å²) in [5.41, 5.74) is 1.07. The van der Waals surface area contributed by atoms with Gasteiger partial charge in [-0.1, -0.05) is 24.3 Å². The molecule has 1 saturated carbocycles. The Hall–Kier alpha value is -3.22. The highest BCUT2D eigenvalue weighted by atomic mass is 19.1. The van der Waals surface area contributed by atoms with Crippen LogP contribution in [0.4, 0.5) is 4.39 Å². The van der Waals surface area contributed by atoms with Crippen molar-refractivity contribution in [2.45, 2.75) is 25.8 Å². The minimum Gasteiger partial charge on any atom is -0.360 e. The Morgan fingerprint density at radius 3 is 2.77 bits per heavy atom. The molecule has 0 atom stereocenters. The second-order valence-corrected chi connectivity index (χ2v) is 6.65. The highest BCUT2D eigenvalue weighted by molar-refractivity contribution is 5.90. The van der Waals surface area contributed by atoms with E-state index in [1.807, 2.05) is 25.1 Å². The van der Waals surface area contributed by atoms with Crippen LogP contribution < -0.4 is 11.0 Å². The summed E-state index contributed by atoms with van der Waals surface area (Å²) in [5, 5.41) is 2.21. The molecule has 0 spiro atoms. The van der Waals surface area contributed by atoms with Gasteiger partial charge >= 0.3 is 0 Å². The Morgan fingerprint density at radius 1 is 1.27 bits per heavy atom. The van der Waals surface area contributed by atoms with E-state index in [1.54, 1.807) is 10.6 Å². The molecule has 0 unspecified atom stereocenters. The molecule has 0 bridgehead atoms. The van der Waals surface area contributed by atoms with Crippen LogP contribution in [0.15, 0.2) is 44.4 Å². The van der Waals surface area contributed by atoms with Gasteiger partial charge in [0.05, 0.1) is 5.39 Å². The number of hydrogen-bond donors (Lipinski definition) is 1. The fraction of sp³-hybridized carbons (Fsp3) is 0.211. The largest absolute Gasteiger partial charge is 0.360 e. The number of rotatable bonds is 2. The zero-order valence-electron chi connectivity index (χ0n) is 13.9. The summed E-state index contributed by atoms with van der Waals surface area (Å²) in [6.45, 7) is 1.88. The maximum Gasteiger partial charge on any atom is 0.293 e. The van der Waals surface area contributed by atoms with Gasteiger partial charge in [-0.05, 0) is 31.4 Å². The van der Waals surface area contributed by atoms with Gasteiger partial charge in [-0.15, -0.1) is 0 Å². The smallest absolute Gasteiger partial charge is 0.293 e. The van der Waals surface area contributed by atoms with E-state index in [0.29, 0.717) is 11.2 Å². The average Bonchev–Trinajstić information content (AvgIpc) is 3.38. The lowest BCUT2D eigenvalue weighted by Gasteiger charge is -2.12. The van der Waals surface area contributed by atoms with Crippen LogP contribution in [0.1, 0.15) is 24.4 Å². The van der Waals surface area contributed by atoms with E-state index < -0.39 is 16.8 Å². The number of pyridine rings is 2. The van der Waals surface area contributed by atoms with Crippen molar-refractivity contribution in [2.24, 2.45) is 0 Å². The third-order valence-corrected chi connectivity index (χ3v) is 4.87. The number of aromatic nitrogens is 3. The Bertz CT molecular complexity index is 1310. The number of hydrogen-bond acceptors (Lipinski definition) is 4. The number of aryl methyl sites for hydroxylation is 1. The molecular weight excluding hydrogens is 337 g/mol.